The van der Waals surface area contributed by atoms with Gasteiger partial charge < -0.3 is 19.5 Å². The topological polar surface area (TPSA) is 103 Å². The molecular weight excluding hydrogens is 376 g/mol. The van der Waals surface area contributed by atoms with Crippen molar-refractivity contribution < 1.29 is 28.6 Å². The van der Waals surface area contributed by atoms with Gasteiger partial charge in [-0.3, -0.25) is 10.1 Å². The van der Waals surface area contributed by atoms with E-state index in [1.165, 1.54) is 19.3 Å². The van der Waals surface area contributed by atoms with Crippen LogP contribution in [0.5, 0.6) is 11.5 Å². The summed E-state index contributed by atoms with van der Waals surface area (Å²) in [5, 5.41) is 4.88. The molecule has 158 valence electrons. The van der Waals surface area contributed by atoms with Crippen molar-refractivity contribution in [1.29, 1.82) is 0 Å². The molecule has 0 aromatic heterocycles. The van der Waals surface area contributed by atoms with E-state index >= 15 is 0 Å². The molecule has 0 radical (unpaired) electrons. The zero-order valence-electron chi connectivity index (χ0n) is 17.0. The van der Waals surface area contributed by atoms with Crippen molar-refractivity contribution in [2.75, 3.05) is 13.7 Å². The van der Waals surface area contributed by atoms with Gasteiger partial charge in [0.1, 0.15) is 0 Å². The van der Waals surface area contributed by atoms with Crippen LogP contribution in [0.3, 0.4) is 0 Å². The molecular formula is C21H28N2O6. The molecule has 0 unspecified atom stereocenters. The van der Waals surface area contributed by atoms with Crippen LogP contribution in [0.15, 0.2) is 24.3 Å². The number of carbonyl (C=O) groups excluding carboxylic acids is 3. The van der Waals surface area contributed by atoms with E-state index in [1.807, 2.05) is 13.8 Å². The number of carbonyl (C=O) groups is 3. The summed E-state index contributed by atoms with van der Waals surface area (Å²) in [5.74, 6) is -0.228. The van der Waals surface area contributed by atoms with Gasteiger partial charge in [0, 0.05) is 12.1 Å². The van der Waals surface area contributed by atoms with Crippen molar-refractivity contribution in [3.05, 3.63) is 29.8 Å². The number of rotatable bonds is 8. The van der Waals surface area contributed by atoms with Gasteiger partial charge in [0.25, 0.3) is 5.91 Å². The predicted octanol–water partition coefficient (Wildman–Crippen LogP) is 2.81. The van der Waals surface area contributed by atoms with Crippen molar-refractivity contribution in [3.63, 3.8) is 0 Å². The van der Waals surface area contributed by atoms with Crippen LogP contribution in [0.2, 0.25) is 0 Å². The van der Waals surface area contributed by atoms with Crippen LogP contribution in [-0.4, -0.2) is 43.8 Å². The summed E-state index contributed by atoms with van der Waals surface area (Å²) in [5.41, 5.74) is 0.704. The van der Waals surface area contributed by atoms with Crippen LogP contribution in [0.1, 0.15) is 45.1 Å². The summed E-state index contributed by atoms with van der Waals surface area (Å²) in [7, 11) is 1.53. The Morgan fingerprint density at radius 2 is 1.90 bits per heavy atom. The van der Waals surface area contributed by atoms with E-state index in [-0.39, 0.29) is 12.1 Å². The molecule has 0 atom stereocenters. The van der Waals surface area contributed by atoms with Gasteiger partial charge in [0.2, 0.25) is 0 Å². The number of methoxy groups -OCH3 is 1. The summed E-state index contributed by atoms with van der Waals surface area (Å²) in [4.78, 5) is 35.2. The number of amides is 3. The normalized spacial score (nSPS) is 14.1. The zero-order valence-corrected chi connectivity index (χ0v) is 17.0. The Balaban J connectivity index is 1.78. The first kappa shape index (κ1) is 22.3. The largest absolute Gasteiger partial charge is 0.493 e. The summed E-state index contributed by atoms with van der Waals surface area (Å²) in [6, 6.07) is 4.78. The van der Waals surface area contributed by atoms with Gasteiger partial charge in [-0.15, -0.1) is 0 Å². The van der Waals surface area contributed by atoms with Crippen LogP contribution >= 0.6 is 0 Å². The number of benzene rings is 1. The predicted molar refractivity (Wildman–Crippen MR) is 108 cm³/mol. The molecule has 1 fully saturated rings. The van der Waals surface area contributed by atoms with Crippen LogP contribution in [0.25, 0.3) is 6.08 Å². The average molecular weight is 404 g/mol. The maximum atomic E-state index is 11.8. The Labute approximate surface area is 170 Å². The lowest BCUT2D eigenvalue weighted by Crippen LogP contribution is -2.44. The van der Waals surface area contributed by atoms with E-state index < -0.39 is 24.5 Å². The number of esters is 1. The van der Waals surface area contributed by atoms with E-state index in [0.717, 1.165) is 25.7 Å². The van der Waals surface area contributed by atoms with E-state index in [0.29, 0.717) is 17.1 Å². The molecule has 0 heterocycles. The molecule has 8 nitrogen and oxygen atoms in total. The Bertz CT molecular complexity index is 754. The number of nitrogens with one attached hydrogen (secondary N) is 2. The zero-order chi connectivity index (χ0) is 21.2. The molecule has 1 aliphatic rings. The summed E-state index contributed by atoms with van der Waals surface area (Å²) >= 11 is 0. The highest BCUT2D eigenvalue weighted by Crippen LogP contribution is 2.29. The minimum atomic E-state index is -0.696. The molecule has 0 spiro atoms. The standard InChI is InChI=1S/C21H28N2O6/c1-14(2)29-17-10-8-15(12-18(17)27-3)9-11-20(25)28-13-19(24)23-21(26)22-16-6-4-5-7-16/h8-12,14,16H,4-7,13H2,1-3H3,(H2,22,23,24,26)/b11-9+. The molecule has 1 aromatic carbocycles. The van der Waals surface area contributed by atoms with Crippen LogP contribution < -0.4 is 20.1 Å². The van der Waals surface area contributed by atoms with E-state index in [4.69, 9.17) is 14.2 Å². The van der Waals surface area contributed by atoms with E-state index in [2.05, 4.69) is 10.6 Å². The van der Waals surface area contributed by atoms with Gasteiger partial charge in [-0.2, -0.15) is 0 Å². The maximum absolute atomic E-state index is 11.8. The number of urea groups is 1. The van der Waals surface area contributed by atoms with Gasteiger partial charge in [-0.05, 0) is 50.5 Å². The minimum Gasteiger partial charge on any atom is -0.493 e. The van der Waals surface area contributed by atoms with Crippen LogP contribution in [0.4, 0.5) is 4.79 Å². The van der Waals surface area contributed by atoms with Gasteiger partial charge >= 0.3 is 12.0 Å². The fraction of sp³-hybridized carbons (Fsp3) is 0.476. The fourth-order valence-electron chi connectivity index (χ4n) is 2.94. The smallest absolute Gasteiger partial charge is 0.331 e. The van der Waals surface area contributed by atoms with Gasteiger partial charge in [0.15, 0.2) is 18.1 Å². The molecule has 2 rings (SSSR count). The summed E-state index contributed by atoms with van der Waals surface area (Å²) in [6.45, 7) is 3.29. The fourth-order valence-corrected chi connectivity index (χ4v) is 2.94. The van der Waals surface area contributed by atoms with Gasteiger partial charge in [0.05, 0.1) is 13.2 Å². The Morgan fingerprint density at radius 3 is 2.55 bits per heavy atom. The SMILES string of the molecule is COc1cc(/C=C/C(=O)OCC(=O)NC(=O)NC2CCCC2)ccc1OC(C)C. The monoisotopic (exact) mass is 404 g/mol. The lowest BCUT2D eigenvalue weighted by atomic mass is 10.2. The number of imide groups is 1. The first-order valence-corrected chi connectivity index (χ1v) is 9.67. The minimum absolute atomic E-state index is 0.00617. The van der Waals surface area contributed by atoms with Crippen molar-refractivity contribution in [2.45, 2.75) is 51.7 Å². The van der Waals surface area contributed by atoms with Crippen LogP contribution in [0, 0.1) is 0 Å². The molecule has 1 saturated carbocycles. The second-order valence-electron chi connectivity index (χ2n) is 7.02. The lowest BCUT2D eigenvalue weighted by molar-refractivity contribution is -0.143. The second kappa shape index (κ2) is 11.1. The molecule has 29 heavy (non-hydrogen) atoms. The highest BCUT2D eigenvalue weighted by molar-refractivity contribution is 5.96. The van der Waals surface area contributed by atoms with E-state index in [9.17, 15) is 14.4 Å². The third-order valence-corrected chi connectivity index (χ3v) is 4.25. The molecule has 0 bridgehead atoms. The molecule has 1 aliphatic carbocycles. The lowest BCUT2D eigenvalue weighted by Gasteiger charge is -2.13. The highest BCUT2D eigenvalue weighted by Gasteiger charge is 2.18. The molecule has 0 saturated heterocycles. The number of ether oxygens (including phenoxy) is 3. The highest BCUT2D eigenvalue weighted by atomic mass is 16.5. The Kier molecular flexibility index (Phi) is 8.51. The molecule has 3 amide bonds. The number of hydrogen-bond acceptors (Lipinski definition) is 6. The molecule has 0 aliphatic heterocycles. The number of hydrogen-bond donors (Lipinski definition) is 2. The maximum Gasteiger partial charge on any atom is 0.331 e. The van der Waals surface area contributed by atoms with E-state index in [1.54, 1.807) is 18.2 Å². The third kappa shape index (κ3) is 7.85. The van der Waals surface area contributed by atoms with Gasteiger partial charge in [-0.1, -0.05) is 18.9 Å². The average Bonchev–Trinajstić information content (AvgIpc) is 3.17. The van der Waals surface area contributed by atoms with Crippen LogP contribution in [-0.2, 0) is 14.3 Å². The first-order chi connectivity index (χ1) is 13.9. The van der Waals surface area contributed by atoms with Crippen molar-refractivity contribution in [2.24, 2.45) is 0 Å². The molecule has 1 aromatic rings. The Hall–Kier alpha value is -3.03. The molecule has 2 N–H and O–H groups in total. The van der Waals surface area contributed by atoms with Crippen molar-refractivity contribution >= 4 is 24.0 Å². The summed E-state index contributed by atoms with van der Waals surface area (Å²) in [6.07, 6.45) is 6.71. The summed E-state index contributed by atoms with van der Waals surface area (Å²) < 4.78 is 15.8. The quantitative estimate of drug-likeness (QED) is 0.510. The van der Waals surface area contributed by atoms with Crippen molar-refractivity contribution in [1.82, 2.24) is 10.6 Å². The molecule has 8 heteroatoms. The second-order valence-corrected chi connectivity index (χ2v) is 7.02. The Morgan fingerprint density at radius 1 is 1.17 bits per heavy atom. The van der Waals surface area contributed by atoms with Crippen molar-refractivity contribution in [3.8, 4) is 11.5 Å². The third-order valence-electron chi connectivity index (χ3n) is 4.25. The van der Waals surface area contributed by atoms with Gasteiger partial charge in [-0.25, -0.2) is 9.59 Å². The first-order valence-electron chi connectivity index (χ1n) is 9.67.